The van der Waals surface area contributed by atoms with E-state index in [1.165, 1.54) is 38.1 Å². The first-order valence-corrected chi connectivity index (χ1v) is 7.87. The lowest BCUT2D eigenvalue weighted by Crippen LogP contribution is -2.11. The highest BCUT2D eigenvalue weighted by molar-refractivity contribution is 7.98. The minimum Gasteiger partial charge on any atom is -0.492 e. The molecule has 1 heterocycles. The molecule has 0 radical (unpaired) electrons. The highest BCUT2D eigenvalue weighted by atomic mass is 35.5. The van der Waals surface area contributed by atoms with Crippen molar-refractivity contribution in [3.63, 3.8) is 0 Å². The fourth-order valence-electron chi connectivity index (χ4n) is 1.92. The van der Waals surface area contributed by atoms with Gasteiger partial charge in [-0.1, -0.05) is 11.6 Å². The molecule has 0 aliphatic heterocycles. The summed E-state index contributed by atoms with van der Waals surface area (Å²) in [6, 6.07) is 2.83. The molecule has 122 valence electrons. The van der Waals surface area contributed by atoms with Crippen molar-refractivity contribution in [1.29, 1.82) is 0 Å². The molecule has 1 aromatic carbocycles. The normalized spacial score (nSPS) is 10.5. The number of esters is 1. The third-order valence-electron chi connectivity index (χ3n) is 2.97. The van der Waals surface area contributed by atoms with E-state index in [4.69, 9.17) is 22.1 Å². The Bertz CT molecular complexity index is 773. The minimum atomic E-state index is -0.743. The monoisotopic (exact) mass is 357 g/mol. The van der Waals surface area contributed by atoms with Crippen molar-refractivity contribution in [2.45, 2.75) is 4.90 Å². The standard InChI is InChI=1S/C14H13ClFN3O3S/c1-21-10-7(15)5-4-6(8(10)16)13-18-9(14(20)22-2)11(23-3)12(17)19-13/h4-5H,1-3H3,(H2,17,18,19). The molecule has 0 saturated carbocycles. The van der Waals surface area contributed by atoms with Gasteiger partial charge in [-0.15, -0.1) is 11.8 Å². The van der Waals surface area contributed by atoms with Crippen LogP contribution in [0.15, 0.2) is 17.0 Å². The summed E-state index contributed by atoms with van der Waals surface area (Å²) < 4.78 is 24.1. The van der Waals surface area contributed by atoms with Crippen molar-refractivity contribution >= 4 is 35.1 Å². The molecule has 2 aromatic rings. The number of carbonyl (C=O) groups is 1. The van der Waals surface area contributed by atoms with Crippen molar-refractivity contribution in [2.24, 2.45) is 0 Å². The summed E-state index contributed by atoms with van der Waals surface area (Å²) >= 11 is 7.06. The molecule has 2 rings (SSSR count). The van der Waals surface area contributed by atoms with E-state index in [1.54, 1.807) is 6.26 Å². The van der Waals surface area contributed by atoms with Gasteiger partial charge in [-0.05, 0) is 18.4 Å². The number of nitrogens with two attached hydrogens (primary N) is 1. The number of carbonyl (C=O) groups excluding carboxylic acids is 1. The number of benzene rings is 1. The number of rotatable bonds is 4. The fraction of sp³-hybridized carbons (Fsp3) is 0.214. The van der Waals surface area contributed by atoms with Crippen LogP contribution in [0.2, 0.25) is 5.02 Å². The Kier molecular flexibility index (Phi) is 5.27. The highest BCUT2D eigenvalue weighted by Crippen LogP contribution is 2.35. The maximum absolute atomic E-state index is 14.5. The number of thioether (sulfide) groups is 1. The molecule has 0 aliphatic carbocycles. The lowest BCUT2D eigenvalue weighted by Gasteiger charge is -2.12. The molecule has 0 amide bonds. The van der Waals surface area contributed by atoms with Gasteiger partial charge in [0.05, 0.1) is 29.7 Å². The zero-order chi connectivity index (χ0) is 17.1. The summed E-state index contributed by atoms with van der Waals surface area (Å²) in [5.74, 6) is -1.58. The largest absolute Gasteiger partial charge is 0.492 e. The Hall–Kier alpha value is -2.06. The maximum atomic E-state index is 14.5. The molecule has 9 heteroatoms. The lowest BCUT2D eigenvalue weighted by atomic mass is 10.1. The van der Waals surface area contributed by atoms with Crippen LogP contribution in [0.1, 0.15) is 10.5 Å². The quantitative estimate of drug-likeness (QED) is 0.664. The zero-order valence-corrected chi connectivity index (χ0v) is 14.1. The zero-order valence-electron chi connectivity index (χ0n) is 12.5. The van der Waals surface area contributed by atoms with Gasteiger partial charge < -0.3 is 15.2 Å². The van der Waals surface area contributed by atoms with Gasteiger partial charge in [-0.25, -0.2) is 19.2 Å². The van der Waals surface area contributed by atoms with Crippen molar-refractivity contribution in [2.75, 3.05) is 26.2 Å². The van der Waals surface area contributed by atoms with Gasteiger partial charge in [0.2, 0.25) is 0 Å². The van der Waals surface area contributed by atoms with E-state index in [0.29, 0.717) is 4.90 Å². The molecule has 0 bridgehead atoms. The van der Waals surface area contributed by atoms with Gasteiger partial charge in [-0.2, -0.15) is 0 Å². The van der Waals surface area contributed by atoms with E-state index in [-0.39, 0.29) is 33.7 Å². The lowest BCUT2D eigenvalue weighted by molar-refractivity contribution is 0.0589. The van der Waals surface area contributed by atoms with Crippen molar-refractivity contribution < 1.29 is 18.7 Å². The Morgan fingerprint density at radius 1 is 1.35 bits per heavy atom. The number of aromatic nitrogens is 2. The Balaban J connectivity index is 2.70. The number of hydrogen-bond donors (Lipinski definition) is 1. The first-order valence-electron chi connectivity index (χ1n) is 6.26. The third-order valence-corrected chi connectivity index (χ3v) is 4.08. The van der Waals surface area contributed by atoms with E-state index >= 15 is 0 Å². The van der Waals surface area contributed by atoms with E-state index in [9.17, 15) is 9.18 Å². The second kappa shape index (κ2) is 7.01. The van der Waals surface area contributed by atoms with E-state index in [0.717, 1.165) is 0 Å². The minimum absolute atomic E-state index is 0.00996. The first-order chi connectivity index (χ1) is 10.9. The maximum Gasteiger partial charge on any atom is 0.358 e. The summed E-state index contributed by atoms with van der Waals surface area (Å²) in [5, 5.41) is 0.107. The number of hydrogen-bond acceptors (Lipinski definition) is 7. The summed E-state index contributed by atoms with van der Waals surface area (Å²) in [5.41, 5.74) is 5.83. The van der Waals surface area contributed by atoms with Crippen LogP contribution in [0, 0.1) is 5.82 Å². The number of anilines is 1. The predicted molar refractivity (Wildman–Crippen MR) is 86.5 cm³/mol. The van der Waals surface area contributed by atoms with Crippen molar-refractivity contribution in [1.82, 2.24) is 9.97 Å². The number of nitrogens with zero attached hydrogens (tertiary/aromatic N) is 2. The topological polar surface area (TPSA) is 87.3 Å². The second-order valence-electron chi connectivity index (χ2n) is 4.25. The van der Waals surface area contributed by atoms with E-state index < -0.39 is 11.8 Å². The smallest absolute Gasteiger partial charge is 0.358 e. The Morgan fingerprint density at radius 2 is 2.04 bits per heavy atom. The van der Waals surface area contributed by atoms with E-state index in [1.807, 2.05) is 0 Å². The molecule has 0 atom stereocenters. The van der Waals surface area contributed by atoms with Gasteiger partial charge >= 0.3 is 5.97 Å². The number of halogens is 2. The van der Waals surface area contributed by atoms with Gasteiger partial charge in [-0.3, -0.25) is 0 Å². The second-order valence-corrected chi connectivity index (χ2v) is 5.47. The summed E-state index contributed by atoms with van der Waals surface area (Å²) in [6.07, 6.45) is 1.72. The summed E-state index contributed by atoms with van der Waals surface area (Å²) in [4.78, 5) is 20.4. The molecule has 0 aliphatic rings. The van der Waals surface area contributed by atoms with Crippen LogP contribution in [0.25, 0.3) is 11.4 Å². The van der Waals surface area contributed by atoms with Gasteiger partial charge in [0.25, 0.3) is 0 Å². The number of nitrogen functional groups attached to an aromatic ring is 1. The molecule has 23 heavy (non-hydrogen) atoms. The fourth-order valence-corrected chi connectivity index (χ4v) is 2.72. The van der Waals surface area contributed by atoms with E-state index in [2.05, 4.69) is 14.7 Å². The van der Waals surface area contributed by atoms with Crippen molar-refractivity contribution in [3.8, 4) is 17.1 Å². The number of ether oxygens (including phenoxy) is 2. The molecule has 0 spiro atoms. The van der Waals surface area contributed by atoms with Crippen LogP contribution in [0.3, 0.4) is 0 Å². The summed E-state index contributed by atoms with van der Waals surface area (Å²) in [7, 11) is 2.51. The van der Waals surface area contributed by atoms with Gasteiger partial charge in [0.1, 0.15) is 5.82 Å². The Labute approximate surface area is 141 Å². The van der Waals surface area contributed by atoms with Gasteiger partial charge in [0.15, 0.2) is 23.1 Å². The summed E-state index contributed by atoms with van der Waals surface area (Å²) in [6.45, 7) is 0. The third kappa shape index (κ3) is 3.18. The average molecular weight is 358 g/mol. The molecule has 6 nitrogen and oxygen atoms in total. The predicted octanol–water partition coefficient (Wildman–Crippen LogP) is 3.04. The molecule has 2 N–H and O–H groups in total. The first kappa shape index (κ1) is 17.3. The highest BCUT2D eigenvalue weighted by Gasteiger charge is 2.22. The molecule has 0 unspecified atom stereocenters. The van der Waals surface area contributed by atoms with Crippen LogP contribution in [0.4, 0.5) is 10.2 Å². The van der Waals surface area contributed by atoms with Crippen LogP contribution >= 0.6 is 23.4 Å². The van der Waals surface area contributed by atoms with Crippen molar-refractivity contribution in [3.05, 3.63) is 28.7 Å². The Morgan fingerprint density at radius 3 is 2.61 bits per heavy atom. The van der Waals surface area contributed by atoms with Crippen LogP contribution in [-0.4, -0.2) is 36.4 Å². The molecular formula is C14H13ClFN3O3S. The van der Waals surface area contributed by atoms with Crippen LogP contribution in [0.5, 0.6) is 5.75 Å². The van der Waals surface area contributed by atoms with Crippen LogP contribution < -0.4 is 10.5 Å². The molecular weight excluding hydrogens is 345 g/mol. The molecule has 1 aromatic heterocycles. The number of methoxy groups -OCH3 is 2. The van der Waals surface area contributed by atoms with Gasteiger partial charge in [0, 0.05) is 0 Å². The average Bonchev–Trinajstić information content (AvgIpc) is 2.53. The SMILES string of the molecule is COC(=O)c1nc(-c2ccc(Cl)c(OC)c2F)nc(N)c1SC. The van der Waals surface area contributed by atoms with Crippen LogP contribution in [-0.2, 0) is 4.74 Å². The molecule has 0 saturated heterocycles. The molecule has 0 fully saturated rings.